The van der Waals surface area contributed by atoms with Crippen molar-refractivity contribution in [1.82, 2.24) is 9.80 Å². The molecule has 30 heavy (non-hydrogen) atoms. The molecular formula is C23H22N2O5. The molecule has 0 N–H and O–H groups in total. The molecule has 1 atom stereocenters. The first-order chi connectivity index (χ1) is 14.6. The molecule has 0 bridgehead atoms. The molecule has 5 rings (SSSR count). The Morgan fingerprint density at radius 3 is 2.40 bits per heavy atom. The molecule has 3 aliphatic heterocycles. The zero-order chi connectivity index (χ0) is 20.7. The van der Waals surface area contributed by atoms with Crippen LogP contribution in [0.3, 0.4) is 0 Å². The summed E-state index contributed by atoms with van der Waals surface area (Å²) in [7, 11) is 0. The fourth-order valence-electron chi connectivity index (χ4n) is 4.47. The molecule has 2 aromatic carbocycles. The highest BCUT2D eigenvalue weighted by Gasteiger charge is 2.36. The third kappa shape index (κ3) is 3.10. The van der Waals surface area contributed by atoms with E-state index < -0.39 is 0 Å². The summed E-state index contributed by atoms with van der Waals surface area (Å²) in [5, 5.41) is 0. The molecule has 1 unspecified atom stereocenters. The van der Waals surface area contributed by atoms with Gasteiger partial charge in [-0.15, -0.1) is 0 Å². The van der Waals surface area contributed by atoms with Gasteiger partial charge in [0.2, 0.25) is 5.91 Å². The molecule has 0 aliphatic carbocycles. The number of carbonyl (C=O) groups is 3. The van der Waals surface area contributed by atoms with Crippen LogP contribution in [0.4, 0.5) is 0 Å². The highest BCUT2D eigenvalue weighted by Crippen LogP contribution is 2.38. The Hall–Kier alpha value is -3.35. The summed E-state index contributed by atoms with van der Waals surface area (Å²) in [5.74, 6) is 0.737. The standard InChI is InChI=1S/C23H22N2O5/c26-21(9-11-25-22(27)16-4-1-2-5-17(16)23(25)28)24-10-3-6-18(24)15-7-8-19-20(14-15)30-13-12-29-19/h1-2,4-5,7-8,14,18H,3,6,9-13H2. The van der Waals surface area contributed by atoms with Crippen molar-refractivity contribution in [2.75, 3.05) is 26.3 Å². The molecule has 154 valence electrons. The fourth-order valence-corrected chi connectivity index (χ4v) is 4.47. The lowest BCUT2D eigenvalue weighted by atomic mass is 10.0. The Balaban J connectivity index is 1.27. The molecule has 0 radical (unpaired) electrons. The van der Waals surface area contributed by atoms with Gasteiger partial charge in [0.15, 0.2) is 11.5 Å². The highest BCUT2D eigenvalue weighted by atomic mass is 16.6. The van der Waals surface area contributed by atoms with Gasteiger partial charge in [-0.1, -0.05) is 18.2 Å². The van der Waals surface area contributed by atoms with Crippen LogP contribution in [0.15, 0.2) is 42.5 Å². The van der Waals surface area contributed by atoms with E-state index in [2.05, 4.69) is 0 Å². The van der Waals surface area contributed by atoms with Crippen molar-refractivity contribution >= 4 is 17.7 Å². The molecule has 1 saturated heterocycles. The number of imide groups is 1. The number of nitrogens with zero attached hydrogens (tertiary/aromatic N) is 2. The lowest BCUT2D eigenvalue weighted by Gasteiger charge is -2.27. The van der Waals surface area contributed by atoms with Crippen molar-refractivity contribution < 1.29 is 23.9 Å². The lowest BCUT2D eigenvalue weighted by Crippen LogP contribution is -2.36. The molecule has 0 saturated carbocycles. The Kier molecular flexibility index (Phi) is 4.65. The van der Waals surface area contributed by atoms with E-state index in [-0.39, 0.29) is 36.7 Å². The zero-order valence-corrected chi connectivity index (χ0v) is 16.5. The van der Waals surface area contributed by atoms with Crippen molar-refractivity contribution in [2.24, 2.45) is 0 Å². The van der Waals surface area contributed by atoms with Gasteiger partial charge < -0.3 is 14.4 Å². The summed E-state index contributed by atoms with van der Waals surface area (Å²) in [5.41, 5.74) is 1.83. The van der Waals surface area contributed by atoms with Gasteiger partial charge in [-0.05, 0) is 42.7 Å². The predicted molar refractivity (Wildman–Crippen MR) is 108 cm³/mol. The Labute approximate surface area is 174 Å². The van der Waals surface area contributed by atoms with Crippen LogP contribution in [0.25, 0.3) is 0 Å². The normalized spacial score (nSPS) is 19.9. The van der Waals surface area contributed by atoms with E-state index in [1.807, 2.05) is 23.1 Å². The van der Waals surface area contributed by atoms with E-state index >= 15 is 0 Å². The summed E-state index contributed by atoms with van der Waals surface area (Å²) in [6.45, 7) is 1.82. The molecule has 7 heteroatoms. The topological polar surface area (TPSA) is 76.2 Å². The Morgan fingerprint density at radius 2 is 1.67 bits per heavy atom. The van der Waals surface area contributed by atoms with E-state index in [1.54, 1.807) is 24.3 Å². The van der Waals surface area contributed by atoms with Crippen molar-refractivity contribution in [3.05, 3.63) is 59.2 Å². The van der Waals surface area contributed by atoms with Crippen LogP contribution >= 0.6 is 0 Å². The van der Waals surface area contributed by atoms with E-state index in [9.17, 15) is 14.4 Å². The van der Waals surface area contributed by atoms with E-state index in [1.165, 1.54) is 4.90 Å². The lowest BCUT2D eigenvalue weighted by molar-refractivity contribution is -0.132. The third-order valence-corrected chi connectivity index (χ3v) is 5.95. The molecule has 1 fully saturated rings. The van der Waals surface area contributed by atoms with E-state index in [0.29, 0.717) is 36.6 Å². The van der Waals surface area contributed by atoms with Crippen molar-refractivity contribution in [2.45, 2.75) is 25.3 Å². The maximum absolute atomic E-state index is 13.0. The number of fused-ring (bicyclic) bond motifs is 2. The minimum atomic E-state index is -0.326. The van der Waals surface area contributed by atoms with Gasteiger partial charge in [-0.25, -0.2) is 0 Å². The monoisotopic (exact) mass is 406 g/mol. The van der Waals surface area contributed by atoms with Crippen LogP contribution in [-0.2, 0) is 4.79 Å². The van der Waals surface area contributed by atoms with Crippen LogP contribution in [0.2, 0.25) is 0 Å². The molecule has 3 heterocycles. The number of rotatable bonds is 4. The van der Waals surface area contributed by atoms with E-state index in [4.69, 9.17) is 9.47 Å². The Morgan fingerprint density at radius 1 is 0.967 bits per heavy atom. The van der Waals surface area contributed by atoms with Crippen molar-refractivity contribution in [3.63, 3.8) is 0 Å². The molecule has 0 aromatic heterocycles. The summed E-state index contributed by atoms with van der Waals surface area (Å²) in [6, 6.07) is 12.6. The number of ether oxygens (including phenoxy) is 2. The average molecular weight is 406 g/mol. The summed E-state index contributed by atoms with van der Waals surface area (Å²) in [6.07, 6.45) is 1.91. The molecule has 3 aliphatic rings. The van der Waals surface area contributed by atoms with Crippen LogP contribution in [0.5, 0.6) is 11.5 Å². The second-order valence-corrected chi connectivity index (χ2v) is 7.71. The van der Waals surface area contributed by atoms with Crippen LogP contribution in [0.1, 0.15) is 51.6 Å². The van der Waals surface area contributed by atoms with Crippen molar-refractivity contribution in [3.8, 4) is 11.5 Å². The molecule has 7 nitrogen and oxygen atoms in total. The number of hydrogen-bond donors (Lipinski definition) is 0. The van der Waals surface area contributed by atoms with Gasteiger partial charge in [-0.3, -0.25) is 19.3 Å². The number of hydrogen-bond acceptors (Lipinski definition) is 5. The van der Waals surface area contributed by atoms with Gasteiger partial charge in [0.25, 0.3) is 11.8 Å². The number of amides is 3. The molecule has 3 amide bonds. The van der Waals surface area contributed by atoms with Gasteiger partial charge in [-0.2, -0.15) is 0 Å². The largest absolute Gasteiger partial charge is 0.486 e. The average Bonchev–Trinajstić information content (AvgIpc) is 3.36. The Bertz CT molecular complexity index is 999. The quantitative estimate of drug-likeness (QED) is 0.730. The van der Waals surface area contributed by atoms with Crippen LogP contribution < -0.4 is 9.47 Å². The second-order valence-electron chi connectivity index (χ2n) is 7.71. The van der Waals surface area contributed by atoms with Crippen molar-refractivity contribution in [1.29, 1.82) is 0 Å². The van der Waals surface area contributed by atoms with E-state index in [0.717, 1.165) is 24.2 Å². The predicted octanol–water partition coefficient (Wildman–Crippen LogP) is 2.81. The van der Waals surface area contributed by atoms with Crippen LogP contribution in [-0.4, -0.2) is 53.8 Å². The molecule has 0 spiro atoms. The van der Waals surface area contributed by atoms with Gasteiger partial charge in [0, 0.05) is 19.5 Å². The number of likely N-dealkylation sites (tertiary alicyclic amines) is 1. The first kappa shape index (κ1) is 18.7. The van der Waals surface area contributed by atoms with Gasteiger partial charge in [0.1, 0.15) is 13.2 Å². The van der Waals surface area contributed by atoms with Gasteiger partial charge >= 0.3 is 0 Å². The number of benzene rings is 2. The van der Waals surface area contributed by atoms with Crippen LogP contribution in [0, 0.1) is 0 Å². The summed E-state index contributed by atoms with van der Waals surface area (Å²) in [4.78, 5) is 41.0. The maximum atomic E-state index is 13.0. The first-order valence-electron chi connectivity index (χ1n) is 10.3. The SMILES string of the molecule is O=C1c2ccccc2C(=O)N1CCC(=O)N1CCCC1c1ccc2c(c1)OCCO2. The third-order valence-electron chi connectivity index (χ3n) is 5.95. The summed E-state index contributed by atoms with van der Waals surface area (Å²) >= 11 is 0. The fraction of sp³-hybridized carbons (Fsp3) is 0.348. The minimum Gasteiger partial charge on any atom is -0.486 e. The minimum absolute atomic E-state index is 0.0319. The smallest absolute Gasteiger partial charge is 0.261 e. The number of carbonyl (C=O) groups excluding carboxylic acids is 3. The summed E-state index contributed by atoms with van der Waals surface area (Å²) < 4.78 is 11.3. The maximum Gasteiger partial charge on any atom is 0.261 e. The molecule has 2 aromatic rings. The first-order valence-corrected chi connectivity index (χ1v) is 10.3. The molecular weight excluding hydrogens is 384 g/mol. The second kappa shape index (κ2) is 7.48. The zero-order valence-electron chi connectivity index (χ0n) is 16.5. The van der Waals surface area contributed by atoms with Gasteiger partial charge in [0.05, 0.1) is 17.2 Å². The highest BCUT2D eigenvalue weighted by molar-refractivity contribution is 6.21.